The van der Waals surface area contributed by atoms with Crippen molar-refractivity contribution < 1.29 is 19.2 Å². The van der Waals surface area contributed by atoms with Crippen LogP contribution in [0.1, 0.15) is 73.6 Å². The Labute approximate surface area is 350 Å². The molecule has 4 aromatic rings. The highest BCUT2D eigenvalue weighted by molar-refractivity contribution is 6.30. The molecule has 2 aliphatic rings. The smallest absolute Gasteiger partial charge is 0.251 e. The summed E-state index contributed by atoms with van der Waals surface area (Å²) in [6.45, 7) is 0. The molecule has 3 N–H and O–H groups in total. The molecule has 298 valence electrons. The number of nitrogens with one attached hydrogen (secondary N) is 3. The summed E-state index contributed by atoms with van der Waals surface area (Å²) in [6, 6.07) is 31.8. The van der Waals surface area contributed by atoms with Crippen LogP contribution in [0.5, 0.6) is 0 Å². The predicted octanol–water partition coefficient (Wildman–Crippen LogP) is 9.27. The van der Waals surface area contributed by atoms with Crippen LogP contribution in [0.25, 0.3) is 23.9 Å². The lowest BCUT2D eigenvalue weighted by Crippen LogP contribution is -2.54. The average molecular weight is 816 g/mol. The standard InChI is InChI=1S/C48H48Cl2N4O4/c49-38-26-19-36(20-27-38)22-31-45(55)51-40-15-7-8-16-41(40)52-47(57)33-44(37-24-28-39(50)29-25-37)54(48(58)32-23-35-13-5-2-6-14-35)43-18-10-9-17-42(43)53-46(56)30-21-34-11-3-1-4-12-34/h1-6,11-14,19-33,40-43H,7-10,15-18H2,(H,51,55)(H,52,57)(H,53,56)/t40?,41-,42?,43-/m0/s1. The van der Waals surface area contributed by atoms with Gasteiger partial charge in [0.2, 0.25) is 17.7 Å². The third-order valence-electron chi connectivity index (χ3n) is 10.5. The summed E-state index contributed by atoms with van der Waals surface area (Å²) in [5, 5.41) is 10.6. The molecule has 6 rings (SSSR count). The van der Waals surface area contributed by atoms with E-state index in [0.717, 1.165) is 42.4 Å². The van der Waals surface area contributed by atoms with Crippen LogP contribution in [0.15, 0.2) is 133 Å². The van der Waals surface area contributed by atoms with E-state index in [-0.39, 0.29) is 29.8 Å². The summed E-state index contributed by atoms with van der Waals surface area (Å²) < 4.78 is 0. The molecule has 4 aromatic carbocycles. The van der Waals surface area contributed by atoms with Gasteiger partial charge in [-0.25, -0.2) is 0 Å². The fourth-order valence-electron chi connectivity index (χ4n) is 7.54. The van der Waals surface area contributed by atoms with E-state index < -0.39 is 18.0 Å². The van der Waals surface area contributed by atoms with Gasteiger partial charge in [-0.2, -0.15) is 0 Å². The van der Waals surface area contributed by atoms with E-state index in [1.54, 1.807) is 59.5 Å². The van der Waals surface area contributed by atoms with Crippen molar-refractivity contribution >= 4 is 70.8 Å². The summed E-state index contributed by atoms with van der Waals surface area (Å²) in [5.74, 6) is -1.26. The van der Waals surface area contributed by atoms with Crippen molar-refractivity contribution in [1.29, 1.82) is 0 Å². The quantitative estimate of drug-likeness (QED) is 0.117. The molecule has 0 heterocycles. The number of rotatable bonds is 13. The van der Waals surface area contributed by atoms with E-state index >= 15 is 0 Å². The highest BCUT2D eigenvalue weighted by Crippen LogP contribution is 2.32. The Morgan fingerprint density at radius 2 is 0.931 bits per heavy atom. The molecule has 0 spiro atoms. The van der Waals surface area contributed by atoms with Gasteiger partial charge in [0.15, 0.2) is 0 Å². The van der Waals surface area contributed by atoms with Gasteiger partial charge < -0.3 is 20.9 Å². The van der Waals surface area contributed by atoms with Crippen LogP contribution in [0.4, 0.5) is 0 Å². The highest BCUT2D eigenvalue weighted by atomic mass is 35.5. The molecule has 58 heavy (non-hydrogen) atoms. The maximum atomic E-state index is 14.6. The second-order valence-corrected chi connectivity index (χ2v) is 15.5. The molecule has 10 heteroatoms. The number of hydrogen-bond acceptors (Lipinski definition) is 4. The SMILES string of the molecule is O=C(C=Cc1ccc(Cl)cc1)NC1CCCC[C@@H]1NC(=O)C=C(c1ccc(Cl)cc1)N(C(=O)C=Cc1ccccc1)[C@H]1CCCCC1NC(=O)C=Cc1ccccc1. The molecule has 2 aliphatic carbocycles. The Kier molecular flexibility index (Phi) is 15.3. The van der Waals surface area contributed by atoms with Crippen LogP contribution < -0.4 is 16.0 Å². The minimum Gasteiger partial charge on any atom is -0.348 e. The molecule has 8 nitrogen and oxygen atoms in total. The minimum atomic E-state index is -0.473. The Hall–Kier alpha value is -5.70. The first kappa shape index (κ1) is 41.9. The van der Waals surface area contributed by atoms with Gasteiger partial charge in [-0.1, -0.05) is 134 Å². The van der Waals surface area contributed by atoms with Gasteiger partial charge in [0, 0.05) is 52.5 Å². The van der Waals surface area contributed by atoms with Crippen molar-refractivity contribution in [3.63, 3.8) is 0 Å². The molecule has 0 bridgehead atoms. The van der Waals surface area contributed by atoms with Gasteiger partial charge in [0.05, 0.1) is 11.7 Å². The zero-order valence-corrected chi connectivity index (χ0v) is 33.7. The maximum absolute atomic E-state index is 14.6. The van der Waals surface area contributed by atoms with E-state index in [1.807, 2.05) is 72.8 Å². The van der Waals surface area contributed by atoms with Crippen molar-refractivity contribution in [2.45, 2.75) is 75.5 Å². The Bertz CT molecular complexity index is 2130. The molecule has 0 radical (unpaired) electrons. The fourth-order valence-corrected chi connectivity index (χ4v) is 7.79. The van der Waals surface area contributed by atoms with Gasteiger partial charge in [0.1, 0.15) is 0 Å². The first-order valence-corrected chi connectivity index (χ1v) is 20.6. The van der Waals surface area contributed by atoms with Gasteiger partial charge in [-0.05, 0) is 90.4 Å². The van der Waals surface area contributed by atoms with Crippen LogP contribution in [0.2, 0.25) is 10.0 Å². The topological polar surface area (TPSA) is 108 Å². The normalized spacial score (nSPS) is 19.9. The number of carbonyl (C=O) groups excluding carboxylic acids is 4. The van der Waals surface area contributed by atoms with Crippen LogP contribution in [0.3, 0.4) is 0 Å². The lowest BCUT2D eigenvalue weighted by atomic mass is 9.87. The van der Waals surface area contributed by atoms with Crippen molar-refractivity contribution in [1.82, 2.24) is 20.9 Å². The molecule has 0 saturated heterocycles. The molecule has 4 atom stereocenters. The number of carbonyl (C=O) groups is 4. The molecular weight excluding hydrogens is 767 g/mol. The molecule has 2 fully saturated rings. The third-order valence-corrected chi connectivity index (χ3v) is 11.0. The monoisotopic (exact) mass is 814 g/mol. The van der Waals surface area contributed by atoms with Crippen LogP contribution >= 0.6 is 23.2 Å². The fraction of sp³-hybridized carbons (Fsp3) is 0.250. The van der Waals surface area contributed by atoms with E-state index in [4.69, 9.17) is 23.2 Å². The van der Waals surface area contributed by atoms with Crippen molar-refractivity contribution in [2.75, 3.05) is 0 Å². The van der Waals surface area contributed by atoms with Gasteiger partial charge in [-0.15, -0.1) is 0 Å². The average Bonchev–Trinajstić information content (AvgIpc) is 3.24. The Balaban J connectivity index is 1.30. The number of amides is 4. The van der Waals surface area contributed by atoms with Gasteiger partial charge in [-0.3, -0.25) is 19.2 Å². The highest BCUT2D eigenvalue weighted by Gasteiger charge is 2.36. The Morgan fingerprint density at radius 3 is 1.48 bits per heavy atom. The first-order chi connectivity index (χ1) is 28.2. The second kappa shape index (κ2) is 21.2. The number of halogens is 2. The van der Waals surface area contributed by atoms with Gasteiger partial charge >= 0.3 is 0 Å². The number of hydrogen-bond donors (Lipinski definition) is 3. The van der Waals surface area contributed by atoms with E-state index in [0.29, 0.717) is 47.0 Å². The summed E-state index contributed by atoms with van der Waals surface area (Å²) in [4.78, 5) is 56.9. The summed E-state index contributed by atoms with van der Waals surface area (Å²) in [7, 11) is 0. The van der Waals surface area contributed by atoms with Crippen molar-refractivity contribution in [3.05, 3.63) is 166 Å². The van der Waals surface area contributed by atoms with E-state index in [1.165, 1.54) is 24.3 Å². The number of benzene rings is 4. The maximum Gasteiger partial charge on any atom is 0.251 e. The Morgan fingerprint density at radius 1 is 0.500 bits per heavy atom. The second-order valence-electron chi connectivity index (χ2n) is 14.6. The van der Waals surface area contributed by atoms with Crippen LogP contribution in [0, 0.1) is 0 Å². The predicted molar refractivity (Wildman–Crippen MR) is 234 cm³/mol. The van der Waals surface area contributed by atoms with E-state index in [9.17, 15) is 19.2 Å². The summed E-state index contributed by atoms with van der Waals surface area (Å²) in [5.41, 5.74) is 3.58. The minimum absolute atomic E-state index is 0.260. The van der Waals surface area contributed by atoms with E-state index in [2.05, 4.69) is 16.0 Å². The van der Waals surface area contributed by atoms with Crippen LogP contribution in [-0.4, -0.2) is 52.7 Å². The third kappa shape index (κ3) is 12.4. The van der Waals surface area contributed by atoms with Crippen LogP contribution in [-0.2, 0) is 19.2 Å². The zero-order chi connectivity index (χ0) is 40.7. The molecule has 2 unspecified atom stereocenters. The summed E-state index contributed by atoms with van der Waals surface area (Å²) in [6.07, 6.45) is 17.4. The molecular formula is C48H48Cl2N4O4. The molecule has 4 amide bonds. The molecule has 0 aliphatic heterocycles. The molecule has 2 saturated carbocycles. The van der Waals surface area contributed by atoms with Crippen molar-refractivity contribution in [2.24, 2.45) is 0 Å². The summed E-state index contributed by atoms with van der Waals surface area (Å²) >= 11 is 12.4. The molecule has 0 aromatic heterocycles. The van der Waals surface area contributed by atoms with Gasteiger partial charge in [0.25, 0.3) is 5.91 Å². The van der Waals surface area contributed by atoms with Crippen molar-refractivity contribution in [3.8, 4) is 0 Å². The zero-order valence-electron chi connectivity index (χ0n) is 32.2. The lowest BCUT2D eigenvalue weighted by molar-refractivity contribution is -0.127. The number of nitrogens with zero attached hydrogens (tertiary/aromatic N) is 1. The lowest BCUT2D eigenvalue weighted by Gasteiger charge is -2.41. The largest absolute Gasteiger partial charge is 0.348 e. The first-order valence-electron chi connectivity index (χ1n) is 19.8.